The molecule has 100 valence electrons. The minimum absolute atomic E-state index is 0.0848. The van der Waals surface area contributed by atoms with Crippen molar-refractivity contribution in [3.8, 4) is 0 Å². The molecular weight excluding hydrogens is 246 g/mol. The van der Waals surface area contributed by atoms with Gasteiger partial charge >= 0.3 is 0 Å². The van der Waals surface area contributed by atoms with Crippen LogP contribution in [0.25, 0.3) is 0 Å². The molecule has 0 saturated carbocycles. The van der Waals surface area contributed by atoms with E-state index < -0.39 is 0 Å². The third kappa shape index (κ3) is 6.67. The lowest BCUT2D eigenvalue weighted by Gasteiger charge is -2.12. The fourth-order valence-corrected chi connectivity index (χ4v) is 2.47. The van der Waals surface area contributed by atoms with Gasteiger partial charge in [-0.25, -0.2) is 0 Å². The van der Waals surface area contributed by atoms with Crippen LogP contribution < -0.4 is 5.32 Å². The van der Waals surface area contributed by atoms with Gasteiger partial charge in [-0.15, -0.1) is 0 Å². The lowest BCUT2D eigenvalue weighted by Crippen LogP contribution is -2.35. The zero-order valence-electron chi connectivity index (χ0n) is 11.0. The quantitative estimate of drug-likeness (QED) is 0.735. The Bertz CT molecular complexity index is 343. The second-order valence-corrected chi connectivity index (χ2v) is 5.32. The number of ether oxygens (including phenoxy) is 1. The van der Waals surface area contributed by atoms with Gasteiger partial charge in [0.05, 0.1) is 6.61 Å². The number of rotatable bonds is 8. The van der Waals surface area contributed by atoms with Crippen LogP contribution in [-0.4, -0.2) is 31.4 Å². The van der Waals surface area contributed by atoms with Crippen molar-refractivity contribution in [1.29, 1.82) is 0 Å². The number of carbonyl (C=O) groups is 1. The van der Waals surface area contributed by atoms with E-state index in [0.29, 0.717) is 13.0 Å². The van der Waals surface area contributed by atoms with Gasteiger partial charge in [-0.05, 0) is 12.5 Å². The second kappa shape index (κ2) is 9.00. The van der Waals surface area contributed by atoms with Crippen LogP contribution in [0.4, 0.5) is 0 Å². The smallest absolute Gasteiger partial charge is 0.221 e. The van der Waals surface area contributed by atoms with E-state index in [1.165, 1.54) is 5.56 Å². The number of benzene rings is 1. The first kappa shape index (κ1) is 15.1. The van der Waals surface area contributed by atoms with Crippen molar-refractivity contribution in [3.05, 3.63) is 35.9 Å². The maximum Gasteiger partial charge on any atom is 0.221 e. The molecule has 0 radical (unpaired) electrons. The third-order valence-corrected chi connectivity index (χ3v) is 3.44. The normalized spacial score (nSPS) is 12.1. The molecule has 18 heavy (non-hydrogen) atoms. The van der Waals surface area contributed by atoms with Crippen molar-refractivity contribution < 1.29 is 9.53 Å². The van der Waals surface area contributed by atoms with Crippen LogP contribution >= 0.6 is 11.8 Å². The Labute approximate surface area is 113 Å². The molecule has 1 atom stereocenters. The molecule has 1 aromatic rings. The summed E-state index contributed by atoms with van der Waals surface area (Å²) in [7, 11) is 1.64. The Morgan fingerprint density at radius 2 is 2.11 bits per heavy atom. The SMILES string of the molecule is COC[C@@H](C)NC(=O)CCSCc1ccccc1. The van der Waals surface area contributed by atoms with Gasteiger partial charge in [0, 0.05) is 31.1 Å². The first-order valence-corrected chi connectivity index (χ1v) is 7.28. The van der Waals surface area contributed by atoms with Gasteiger partial charge in [-0.3, -0.25) is 4.79 Å². The second-order valence-electron chi connectivity index (χ2n) is 4.21. The number of hydrogen-bond acceptors (Lipinski definition) is 3. The highest BCUT2D eigenvalue weighted by Gasteiger charge is 2.06. The summed E-state index contributed by atoms with van der Waals surface area (Å²) in [6, 6.07) is 10.4. The molecular formula is C14H21NO2S. The Morgan fingerprint density at radius 1 is 1.39 bits per heavy atom. The zero-order chi connectivity index (χ0) is 13.2. The Morgan fingerprint density at radius 3 is 2.78 bits per heavy atom. The largest absolute Gasteiger partial charge is 0.383 e. The van der Waals surface area contributed by atoms with E-state index in [1.54, 1.807) is 18.9 Å². The molecule has 0 unspecified atom stereocenters. The summed E-state index contributed by atoms with van der Waals surface area (Å²) >= 11 is 1.78. The van der Waals surface area contributed by atoms with Crippen LogP contribution in [-0.2, 0) is 15.3 Å². The first-order valence-electron chi connectivity index (χ1n) is 6.12. The van der Waals surface area contributed by atoms with Gasteiger partial charge in [-0.1, -0.05) is 30.3 Å². The number of amides is 1. The predicted molar refractivity (Wildman–Crippen MR) is 76.7 cm³/mol. The third-order valence-electron chi connectivity index (χ3n) is 2.41. The van der Waals surface area contributed by atoms with Gasteiger partial charge < -0.3 is 10.1 Å². The number of methoxy groups -OCH3 is 1. The lowest BCUT2D eigenvalue weighted by atomic mass is 10.2. The number of thioether (sulfide) groups is 1. The van der Waals surface area contributed by atoms with Crippen molar-refractivity contribution in [2.45, 2.75) is 25.1 Å². The van der Waals surface area contributed by atoms with Gasteiger partial charge in [0.25, 0.3) is 0 Å². The number of carbonyl (C=O) groups excluding carboxylic acids is 1. The van der Waals surface area contributed by atoms with Gasteiger partial charge in [0.2, 0.25) is 5.91 Å². The van der Waals surface area contributed by atoms with Crippen molar-refractivity contribution in [2.24, 2.45) is 0 Å². The molecule has 0 saturated heterocycles. The molecule has 0 heterocycles. The van der Waals surface area contributed by atoms with E-state index in [-0.39, 0.29) is 11.9 Å². The minimum Gasteiger partial charge on any atom is -0.383 e. The Balaban J connectivity index is 2.09. The molecule has 1 N–H and O–H groups in total. The van der Waals surface area contributed by atoms with Crippen molar-refractivity contribution in [1.82, 2.24) is 5.32 Å². The average Bonchev–Trinajstić information content (AvgIpc) is 2.36. The van der Waals surface area contributed by atoms with Crippen LogP contribution in [0.15, 0.2) is 30.3 Å². The van der Waals surface area contributed by atoms with E-state index >= 15 is 0 Å². The molecule has 4 heteroatoms. The molecule has 0 aliphatic carbocycles. The summed E-state index contributed by atoms with van der Waals surface area (Å²) in [5.74, 6) is 1.91. The van der Waals surface area contributed by atoms with E-state index in [4.69, 9.17) is 4.74 Å². The highest BCUT2D eigenvalue weighted by Crippen LogP contribution is 2.12. The molecule has 0 spiro atoms. The minimum atomic E-state index is 0.0848. The van der Waals surface area contributed by atoms with Gasteiger partial charge in [0.15, 0.2) is 0 Å². The van der Waals surface area contributed by atoms with E-state index in [1.807, 2.05) is 25.1 Å². The van der Waals surface area contributed by atoms with Crippen molar-refractivity contribution in [3.63, 3.8) is 0 Å². The highest BCUT2D eigenvalue weighted by atomic mass is 32.2. The summed E-state index contributed by atoms with van der Waals surface area (Å²) < 4.78 is 4.97. The molecule has 0 bridgehead atoms. The maximum atomic E-state index is 11.6. The van der Waals surface area contributed by atoms with Crippen molar-refractivity contribution >= 4 is 17.7 Å². The first-order chi connectivity index (χ1) is 8.72. The topological polar surface area (TPSA) is 38.3 Å². The summed E-state index contributed by atoms with van der Waals surface area (Å²) in [5, 5.41) is 2.90. The molecule has 0 aliphatic rings. The summed E-state index contributed by atoms with van der Waals surface area (Å²) in [6.07, 6.45) is 0.561. The molecule has 0 aromatic heterocycles. The lowest BCUT2D eigenvalue weighted by molar-refractivity contribution is -0.121. The van der Waals surface area contributed by atoms with Crippen LogP contribution in [0.5, 0.6) is 0 Å². The molecule has 1 amide bonds. The fourth-order valence-electron chi connectivity index (χ4n) is 1.57. The van der Waals surface area contributed by atoms with E-state index in [2.05, 4.69) is 17.4 Å². The van der Waals surface area contributed by atoms with E-state index in [0.717, 1.165) is 11.5 Å². The molecule has 1 rings (SSSR count). The van der Waals surface area contributed by atoms with Gasteiger partial charge in [-0.2, -0.15) is 11.8 Å². The zero-order valence-corrected chi connectivity index (χ0v) is 11.8. The predicted octanol–water partition coefficient (Wildman–Crippen LogP) is 2.46. The average molecular weight is 267 g/mol. The number of nitrogens with one attached hydrogen (secondary N) is 1. The van der Waals surface area contributed by atoms with E-state index in [9.17, 15) is 4.79 Å². The summed E-state index contributed by atoms with van der Waals surface area (Å²) in [6.45, 7) is 2.50. The Hall–Kier alpha value is -1.00. The Kier molecular flexibility index (Phi) is 7.53. The highest BCUT2D eigenvalue weighted by molar-refractivity contribution is 7.98. The van der Waals surface area contributed by atoms with Crippen LogP contribution in [0.2, 0.25) is 0 Å². The summed E-state index contributed by atoms with van der Waals surface area (Å²) in [4.78, 5) is 11.6. The fraction of sp³-hybridized carbons (Fsp3) is 0.500. The van der Waals surface area contributed by atoms with Crippen LogP contribution in [0.3, 0.4) is 0 Å². The molecule has 1 aromatic carbocycles. The molecule has 0 fully saturated rings. The van der Waals surface area contributed by atoms with Crippen molar-refractivity contribution in [2.75, 3.05) is 19.5 Å². The monoisotopic (exact) mass is 267 g/mol. The number of hydrogen-bond donors (Lipinski definition) is 1. The van der Waals surface area contributed by atoms with Gasteiger partial charge in [0.1, 0.15) is 0 Å². The van der Waals surface area contributed by atoms with Crippen LogP contribution in [0.1, 0.15) is 18.9 Å². The van der Waals surface area contributed by atoms with Crippen LogP contribution in [0, 0.1) is 0 Å². The summed E-state index contributed by atoms with van der Waals surface area (Å²) in [5.41, 5.74) is 1.30. The molecule has 0 aliphatic heterocycles. The standard InChI is InChI=1S/C14H21NO2S/c1-12(10-17-2)15-14(16)8-9-18-11-13-6-4-3-5-7-13/h3-7,12H,8-11H2,1-2H3,(H,15,16)/t12-/m1/s1. The molecule has 3 nitrogen and oxygen atoms in total. The maximum absolute atomic E-state index is 11.6.